The molecule has 1 aromatic heterocycles. The summed E-state index contributed by atoms with van der Waals surface area (Å²) in [6, 6.07) is 17.9. The van der Waals surface area contributed by atoms with Gasteiger partial charge in [-0.15, -0.1) is 0 Å². The predicted molar refractivity (Wildman–Crippen MR) is 88.0 cm³/mol. The van der Waals surface area contributed by atoms with E-state index in [1.807, 2.05) is 54.7 Å². The number of hydrogen-bond donors (Lipinski definition) is 2. The quantitative estimate of drug-likeness (QED) is 0.694. The summed E-state index contributed by atoms with van der Waals surface area (Å²) < 4.78 is 0. The van der Waals surface area contributed by atoms with E-state index >= 15 is 0 Å². The summed E-state index contributed by atoms with van der Waals surface area (Å²) in [5, 5.41) is 9.11. The zero-order valence-electron chi connectivity index (χ0n) is 10.7. The second-order valence-electron chi connectivity index (χ2n) is 4.35. The van der Waals surface area contributed by atoms with Crippen LogP contribution >= 0.6 is 12.2 Å². The Labute approximate surface area is 122 Å². The molecule has 1 heterocycles. The van der Waals surface area contributed by atoms with E-state index in [0.29, 0.717) is 5.11 Å². The number of para-hydroxylation sites is 1. The predicted octanol–water partition coefficient (Wildman–Crippen LogP) is 4.04. The van der Waals surface area contributed by atoms with Gasteiger partial charge >= 0.3 is 0 Å². The van der Waals surface area contributed by atoms with Gasteiger partial charge in [0.1, 0.15) is 0 Å². The molecule has 3 rings (SSSR count). The second kappa shape index (κ2) is 5.67. The largest absolute Gasteiger partial charge is 0.332 e. The molecule has 3 aromatic rings. The Morgan fingerprint density at radius 1 is 0.900 bits per heavy atom. The highest BCUT2D eigenvalue weighted by atomic mass is 32.1. The zero-order chi connectivity index (χ0) is 13.8. The molecule has 4 heteroatoms. The van der Waals surface area contributed by atoms with Gasteiger partial charge in [-0.3, -0.25) is 4.98 Å². The first-order valence-electron chi connectivity index (χ1n) is 6.29. The molecular weight excluding hydrogens is 266 g/mol. The van der Waals surface area contributed by atoms with Gasteiger partial charge in [0, 0.05) is 29.2 Å². The van der Waals surface area contributed by atoms with Crippen LogP contribution in [-0.2, 0) is 0 Å². The number of nitrogens with zero attached hydrogens (tertiary/aromatic N) is 1. The minimum atomic E-state index is 0.563. The molecule has 0 bridgehead atoms. The SMILES string of the molecule is S=C(Nc1ccccc1)Nc1cccc2ccncc12. The lowest BCUT2D eigenvalue weighted by atomic mass is 10.1. The van der Waals surface area contributed by atoms with Crippen LogP contribution in [0, 0.1) is 0 Å². The normalized spacial score (nSPS) is 10.2. The maximum atomic E-state index is 5.34. The maximum Gasteiger partial charge on any atom is 0.175 e. The highest BCUT2D eigenvalue weighted by molar-refractivity contribution is 7.80. The molecule has 2 N–H and O–H groups in total. The lowest BCUT2D eigenvalue weighted by molar-refractivity contribution is 1.36. The van der Waals surface area contributed by atoms with E-state index in [2.05, 4.69) is 21.7 Å². The molecule has 0 saturated carbocycles. The van der Waals surface area contributed by atoms with E-state index in [-0.39, 0.29) is 0 Å². The van der Waals surface area contributed by atoms with Crippen molar-refractivity contribution in [2.24, 2.45) is 0 Å². The standard InChI is InChI=1S/C16H13N3S/c20-16(18-13-6-2-1-3-7-13)19-15-8-4-5-12-9-10-17-11-14(12)15/h1-11H,(H2,18,19,20). The topological polar surface area (TPSA) is 37.0 Å². The summed E-state index contributed by atoms with van der Waals surface area (Å²) in [4.78, 5) is 4.16. The van der Waals surface area contributed by atoms with Gasteiger partial charge in [-0.25, -0.2) is 0 Å². The summed E-state index contributed by atoms with van der Waals surface area (Å²) >= 11 is 5.34. The second-order valence-corrected chi connectivity index (χ2v) is 4.76. The third-order valence-corrected chi connectivity index (χ3v) is 3.17. The van der Waals surface area contributed by atoms with Gasteiger partial charge in [0.15, 0.2) is 5.11 Å². The van der Waals surface area contributed by atoms with E-state index in [4.69, 9.17) is 12.2 Å². The lowest BCUT2D eigenvalue weighted by Crippen LogP contribution is -2.19. The number of pyridine rings is 1. The average Bonchev–Trinajstić information content (AvgIpc) is 2.48. The molecule has 0 saturated heterocycles. The Hall–Kier alpha value is -2.46. The fourth-order valence-corrected chi connectivity index (χ4v) is 2.26. The maximum absolute atomic E-state index is 5.34. The third-order valence-electron chi connectivity index (χ3n) is 2.96. The summed E-state index contributed by atoms with van der Waals surface area (Å²) in [7, 11) is 0. The summed E-state index contributed by atoms with van der Waals surface area (Å²) in [6.45, 7) is 0. The smallest absolute Gasteiger partial charge is 0.175 e. The molecule has 20 heavy (non-hydrogen) atoms. The fourth-order valence-electron chi connectivity index (χ4n) is 2.03. The van der Waals surface area contributed by atoms with Crippen molar-refractivity contribution in [3.63, 3.8) is 0 Å². The van der Waals surface area contributed by atoms with Crippen molar-refractivity contribution in [3.8, 4) is 0 Å². The highest BCUT2D eigenvalue weighted by Gasteiger charge is 2.03. The minimum absolute atomic E-state index is 0.563. The number of thiocarbonyl (C=S) groups is 1. The van der Waals surface area contributed by atoms with Gasteiger partial charge in [0.05, 0.1) is 0 Å². The molecule has 0 amide bonds. The van der Waals surface area contributed by atoms with Crippen molar-refractivity contribution in [1.29, 1.82) is 0 Å². The first kappa shape index (κ1) is 12.6. The van der Waals surface area contributed by atoms with Crippen LogP contribution in [0.4, 0.5) is 11.4 Å². The van der Waals surface area contributed by atoms with Crippen LogP contribution in [0.25, 0.3) is 10.8 Å². The van der Waals surface area contributed by atoms with Crippen LogP contribution in [-0.4, -0.2) is 10.1 Å². The van der Waals surface area contributed by atoms with E-state index < -0.39 is 0 Å². The first-order valence-corrected chi connectivity index (χ1v) is 6.69. The van der Waals surface area contributed by atoms with Gasteiger partial charge in [0.25, 0.3) is 0 Å². The molecule has 0 fully saturated rings. The molecule has 0 aliphatic rings. The van der Waals surface area contributed by atoms with Gasteiger partial charge in [-0.1, -0.05) is 30.3 Å². The number of rotatable bonds is 2. The van der Waals surface area contributed by atoms with Crippen molar-refractivity contribution in [3.05, 3.63) is 67.0 Å². The van der Waals surface area contributed by atoms with E-state index in [1.54, 1.807) is 6.20 Å². The zero-order valence-corrected chi connectivity index (χ0v) is 11.5. The summed E-state index contributed by atoms with van der Waals surface area (Å²) in [5.74, 6) is 0. The van der Waals surface area contributed by atoms with Gasteiger partial charge in [-0.05, 0) is 41.9 Å². The Morgan fingerprint density at radius 3 is 2.60 bits per heavy atom. The number of fused-ring (bicyclic) bond motifs is 1. The molecule has 0 radical (unpaired) electrons. The summed E-state index contributed by atoms with van der Waals surface area (Å²) in [6.07, 6.45) is 3.62. The molecule has 0 atom stereocenters. The molecule has 0 aliphatic heterocycles. The molecule has 0 aliphatic carbocycles. The molecule has 0 spiro atoms. The van der Waals surface area contributed by atoms with Crippen molar-refractivity contribution >= 4 is 39.5 Å². The van der Waals surface area contributed by atoms with Crippen LogP contribution in [0.5, 0.6) is 0 Å². The Bertz CT molecular complexity index is 736. The molecule has 98 valence electrons. The van der Waals surface area contributed by atoms with Crippen LogP contribution < -0.4 is 10.6 Å². The third kappa shape index (κ3) is 2.75. The molecule has 3 nitrogen and oxygen atoms in total. The number of anilines is 2. The van der Waals surface area contributed by atoms with Crippen molar-refractivity contribution in [1.82, 2.24) is 4.98 Å². The van der Waals surface area contributed by atoms with Crippen LogP contribution in [0.1, 0.15) is 0 Å². The van der Waals surface area contributed by atoms with Crippen molar-refractivity contribution in [2.75, 3.05) is 10.6 Å². The number of hydrogen-bond acceptors (Lipinski definition) is 2. The van der Waals surface area contributed by atoms with E-state index in [0.717, 1.165) is 22.1 Å². The Morgan fingerprint density at radius 2 is 1.75 bits per heavy atom. The van der Waals surface area contributed by atoms with Crippen molar-refractivity contribution < 1.29 is 0 Å². The molecular formula is C16H13N3S. The average molecular weight is 279 g/mol. The van der Waals surface area contributed by atoms with Gasteiger partial charge in [0.2, 0.25) is 0 Å². The first-order chi connectivity index (χ1) is 9.83. The number of benzene rings is 2. The minimum Gasteiger partial charge on any atom is -0.332 e. The van der Waals surface area contributed by atoms with Gasteiger partial charge < -0.3 is 10.6 Å². The van der Waals surface area contributed by atoms with E-state index in [1.165, 1.54) is 0 Å². The Balaban J connectivity index is 1.81. The number of aromatic nitrogens is 1. The van der Waals surface area contributed by atoms with E-state index in [9.17, 15) is 0 Å². The van der Waals surface area contributed by atoms with Crippen molar-refractivity contribution in [2.45, 2.75) is 0 Å². The number of nitrogens with one attached hydrogen (secondary N) is 2. The monoisotopic (exact) mass is 279 g/mol. The van der Waals surface area contributed by atoms with Crippen LogP contribution in [0.15, 0.2) is 67.0 Å². The Kier molecular flexibility index (Phi) is 3.56. The highest BCUT2D eigenvalue weighted by Crippen LogP contribution is 2.22. The van der Waals surface area contributed by atoms with Gasteiger partial charge in [-0.2, -0.15) is 0 Å². The fraction of sp³-hybridized carbons (Fsp3) is 0. The molecule has 2 aromatic carbocycles. The van der Waals surface area contributed by atoms with Crippen LogP contribution in [0.3, 0.4) is 0 Å². The summed E-state index contributed by atoms with van der Waals surface area (Å²) in [5.41, 5.74) is 1.91. The molecule has 0 unspecified atom stereocenters. The van der Waals surface area contributed by atoms with Crippen LogP contribution in [0.2, 0.25) is 0 Å². The lowest BCUT2D eigenvalue weighted by Gasteiger charge is -2.12.